The molecule has 0 aromatic rings. The van der Waals surface area contributed by atoms with Gasteiger partial charge in [-0.25, -0.2) is 0 Å². The van der Waals surface area contributed by atoms with Crippen LogP contribution in [0, 0.1) is 11.3 Å². The summed E-state index contributed by atoms with van der Waals surface area (Å²) in [6, 6.07) is 1.11. The van der Waals surface area contributed by atoms with Crippen LogP contribution in [0.15, 0.2) is 0 Å². The van der Waals surface area contributed by atoms with E-state index in [1.807, 2.05) is 18.0 Å². The molecule has 0 saturated carbocycles. The van der Waals surface area contributed by atoms with Gasteiger partial charge in [-0.1, -0.05) is 0 Å². The van der Waals surface area contributed by atoms with E-state index in [1.54, 1.807) is 0 Å². The summed E-state index contributed by atoms with van der Waals surface area (Å²) in [6.07, 6.45) is 0.402. The van der Waals surface area contributed by atoms with Crippen LogP contribution in [0.5, 0.6) is 0 Å². The molecule has 1 aliphatic heterocycles. The molecule has 1 saturated heterocycles. The predicted octanol–water partition coefficient (Wildman–Crippen LogP) is -1.38. The molecular formula is C7H12N4O. The Balaban J connectivity index is 2.51. The summed E-state index contributed by atoms with van der Waals surface area (Å²) < 4.78 is 0. The van der Waals surface area contributed by atoms with E-state index >= 15 is 0 Å². The normalized spacial score (nSPS) is 26.4. The second-order valence-corrected chi connectivity index (χ2v) is 2.94. The molecule has 0 spiro atoms. The Morgan fingerprint density at radius 3 is 3.08 bits per heavy atom. The largest absolute Gasteiger partial charge is 0.342 e. The molecule has 2 unspecified atom stereocenters. The zero-order chi connectivity index (χ0) is 9.14. The molecule has 1 fully saturated rings. The van der Waals surface area contributed by atoms with Gasteiger partial charge in [0.2, 0.25) is 5.91 Å². The minimum Gasteiger partial charge on any atom is -0.342 e. The number of carbonyl (C=O) groups excluding carboxylic acids is 1. The van der Waals surface area contributed by atoms with Crippen molar-refractivity contribution in [1.29, 1.82) is 5.26 Å². The van der Waals surface area contributed by atoms with E-state index in [1.165, 1.54) is 0 Å². The van der Waals surface area contributed by atoms with Gasteiger partial charge in [-0.15, -0.1) is 0 Å². The van der Waals surface area contributed by atoms with E-state index in [0.29, 0.717) is 13.1 Å². The lowest BCUT2D eigenvalue weighted by Crippen LogP contribution is -2.36. The number of hydrogen-bond donors (Lipinski definition) is 2. The fourth-order valence-electron chi connectivity index (χ4n) is 1.21. The number of nitrogens with two attached hydrogens (primary N) is 1. The van der Waals surface area contributed by atoms with E-state index in [2.05, 4.69) is 5.32 Å². The van der Waals surface area contributed by atoms with Gasteiger partial charge in [0.15, 0.2) is 0 Å². The topological polar surface area (TPSA) is 82.2 Å². The van der Waals surface area contributed by atoms with E-state index in [9.17, 15) is 4.79 Å². The number of rotatable bonds is 2. The van der Waals surface area contributed by atoms with Gasteiger partial charge < -0.3 is 11.1 Å². The third-order valence-electron chi connectivity index (χ3n) is 1.98. The molecule has 1 rings (SSSR count). The highest BCUT2D eigenvalue weighted by atomic mass is 16.2. The average Bonchev–Trinajstić information content (AvgIpc) is 2.35. The lowest BCUT2D eigenvalue weighted by atomic mass is 10.1. The maximum absolute atomic E-state index is 11.1. The first-order valence-electron chi connectivity index (χ1n) is 3.78. The molecule has 0 bridgehead atoms. The van der Waals surface area contributed by atoms with E-state index in [4.69, 9.17) is 11.0 Å². The summed E-state index contributed by atoms with van der Waals surface area (Å²) >= 11 is 0. The summed E-state index contributed by atoms with van der Waals surface area (Å²) in [4.78, 5) is 13.0. The summed E-state index contributed by atoms with van der Waals surface area (Å²) in [5, 5.41) is 11.1. The Labute approximate surface area is 71.1 Å². The molecule has 0 aliphatic carbocycles. The maximum atomic E-state index is 11.1. The summed E-state index contributed by atoms with van der Waals surface area (Å²) in [6.45, 7) is 0.543. The SMILES string of the molecule is CN1CNC(=O)C1CC(N)C#N. The molecule has 3 N–H and O–H groups in total. The third-order valence-corrected chi connectivity index (χ3v) is 1.98. The van der Waals surface area contributed by atoms with Gasteiger partial charge in [0, 0.05) is 6.42 Å². The number of amides is 1. The Bertz CT molecular complexity index is 222. The number of nitriles is 1. The first-order chi connectivity index (χ1) is 5.65. The molecule has 1 heterocycles. The Hall–Kier alpha value is -1.12. The molecular weight excluding hydrogens is 156 g/mol. The van der Waals surface area contributed by atoms with Gasteiger partial charge in [0.05, 0.1) is 24.8 Å². The molecule has 0 aromatic carbocycles. The van der Waals surface area contributed by atoms with Crippen molar-refractivity contribution < 1.29 is 4.79 Å². The predicted molar refractivity (Wildman–Crippen MR) is 42.8 cm³/mol. The van der Waals surface area contributed by atoms with Crippen LogP contribution >= 0.6 is 0 Å². The standard InChI is InChI=1S/C7H12N4O/c1-11-4-10-7(12)6(11)2-5(9)3-8/h5-6H,2,4,9H2,1H3,(H,10,12). The minimum atomic E-state index is -0.554. The molecule has 12 heavy (non-hydrogen) atoms. The van der Waals surface area contributed by atoms with Crippen LogP contribution in [0.3, 0.4) is 0 Å². The molecule has 1 amide bonds. The van der Waals surface area contributed by atoms with Crippen molar-refractivity contribution in [2.45, 2.75) is 18.5 Å². The van der Waals surface area contributed by atoms with Crippen LogP contribution in [-0.4, -0.2) is 36.6 Å². The highest BCUT2D eigenvalue weighted by Gasteiger charge is 2.30. The highest BCUT2D eigenvalue weighted by Crippen LogP contribution is 2.08. The lowest BCUT2D eigenvalue weighted by Gasteiger charge is -2.16. The van der Waals surface area contributed by atoms with Crippen molar-refractivity contribution in [2.75, 3.05) is 13.7 Å². The molecule has 5 nitrogen and oxygen atoms in total. The molecule has 1 aliphatic rings. The summed E-state index contributed by atoms with van der Waals surface area (Å²) in [7, 11) is 1.83. The zero-order valence-corrected chi connectivity index (χ0v) is 6.95. The molecule has 5 heteroatoms. The van der Waals surface area contributed by atoms with Crippen LogP contribution in [0.4, 0.5) is 0 Å². The van der Waals surface area contributed by atoms with E-state index < -0.39 is 6.04 Å². The number of nitrogens with one attached hydrogen (secondary N) is 1. The fourth-order valence-corrected chi connectivity index (χ4v) is 1.21. The number of carbonyl (C=O) groups is 1. The molecule has 0 radical (unpaired) electrons. The highest BCUT2D eigenvalue weighted by molar-refractivity contribution is 5.83. The van der Waals surface area contributed by atoms with Gasteiger partial charge in [0.1, 0.15) is 0 Å². The Morgan fingerprint density at radius 1 is 2.00 bits per heavy atom. The number of hydrogen-bond acceptors (Lipinski definition) is 4. The van der Waals surface area contributed by atoms with Crippen LogP contribution in [0.25, 0.3) is 0 Å². The van der Waals surface area contributed by atoms with Gasteiger partial charge in [-0.05, 0) is 7.05 Å². The number of likely N-dealkylation sites (N-methyl/N-ethyl adjacent to an activating group) is 1. The molecule has 2 atom stereocenters. The van der Waals surface area contributed by atoms with Crippen LogP contribution in [0.1, 0.15) is 6.42 Å². The van der Waals surface area contributed by atoms with Crippen molar-refractivity contribution in [3.05, 3.63) is 0 Å². The first kappa shape index (κ1) is 8.97. The van der Waals surface area contributed by atoms with Crippen LogP contribution < -0.4 is 11.1 Å². The van der Waals surface area contributed by atoms with Crippen molar-refractivity contribution in [3.63, 3.8) is 0 Å². The third kappa shape index (κ3) is 1.72. The van der Waals surface area contributed by atoms with Crippen molar-refractivity contribution in [1.82, 2.24) is 10.2 Å². The Kier molecular flexibility index (Phi) is 2.63. The molecule has 66 valence electrons. The minimum absolute atomic E-state index is 0.0387. The van der Waals surface area contributed by atoms with Gasteiger partial charge in [-0.3, -0.25) is 9.69 Å². The quantitative estimate of drug-likeness (QED) is 0.532. The smallest absolute Gasteiger partial charge is 0.238 e. The average molecular weight is 168 g/mol. The van der Waals surface area contributed by atoms with Crippen molar-refractivity contribution in [3.8, 4) is 6.07 Å². The lowest BCUT2D eigenvalue weighted by molar-refractivity contribution is -0.121. The summed E-state index contributed by atoms with van der Waals surface area (Å²) in [5.41, 5.74) is 5.41. The monoisotopic (exact) mass is 168 g/mol. The summed E-state index contributed by atoms with van der Waals surface area (Å²) in [5.74, 6) is -0.0387. The zero-order valence-electron chi connectivity index (χ0n) is 6.95. The van der Waals surface area contributed by atoms with Crippen molar-refractivity contribution in [2.24, 2.45) is 5.73 Å². The fraction of sp³-hybridized carbons (Fsp3) is 0.714. The van der Waals surface area contributed by atoms with Gasteiger partial charge in [-0.2, -0.15) is 5.26 Å². The maximum Gasteiger partial charge on any atom is 0.238 e. The van der Waals surface area contributed by atoms with Gasteiger partial charge >= 0.3 is 0 Å². The Morgan fingerprint density at radius 2 is 2.67 bits per heavy atom. The van der Waals surface area contributed by atoms with Crippen LogP contribution in [0.2, 0.25) is 0 Å². The first-order valence-corrected chi connectivity index (χ1v) is 3.78. The second kappa shape index (κ2) is 3.52. The second-order valence-electron chi connectivity index (χ2n) is 2.94. The van der Waals surface area contributed by atoms with Crippen LogP contribution in [-0.2, 0) is 4.79 Å². The van der Waals surface area contributed by atoms with E-state index in [0.717, 1.165) is 0 Å². The van der Waals surface area contributed by atoms with E-state index in [-0.39, 0.29) is 11.9 Å². The van der Waals surface area contributed by atoms with Crippen molar-refractivity contribution >= 4 is 5.91 Å². The van der Waals surface area contributed by atoms with Gasteiger partial charge in [0.25, 0.3) is 0 Å². The molecule has 0 aromatic heterocycles. The number of nitrogens with zero attached hydrogens (tertiary/aromatic N) is 2.